The predicted octanol–water partition coefficient (Wildman–Crippen LogP) is 4.30. The lowest BCUT2D eigenvalue weighted by Crippen LogP contribution is -2.09. The van der Waals surface area contributed by atoms with Crippen molar-refractivity contribution in [2.75, 3.05) is 0 Å². The number of fused-ring (bicyclic) bond motifs is 4. The van der Waals surface area contributed by atoms with Crippen LogP contribution in [0.3, 0.4) is 0 Å². The van der Waals surface area contributed by atoms with E-state index in [2.05, 4.69) is 33.0 Å². The van der Waals surface area contributed by atoms with Crippen LogP contribution in [0.2, 0.25) is 0 Å². The van der Waals surface area contributed by atoms with Crippen molar-refractivity contribution in [2.45, 2.75) is 0 Å². The third-order valence-electron chi connectivity index (χ3n) is 4.49. The Labute approximate surface area is 141 Å². The van der Waals surface area contributed by atoms with Crippen LogP contribution in [-0.2, 0) is 7.05 Å². The van der Waals surface area contributed by atoms with Gasteiger partial charge in [-0.05, 0) is 23.6 Å². The Morgan fingerprint density at radius 3 is 2.75 bits per heavy atom. The van der Waals surface area contributed by atoms with Crippen LogP contribution >= 0.6 is 11.3 Å². The van der Waals surface area contributed by atoms with Crippen molar-refractivity contribution in [3.8, 4) is 10.6 Å². The summed E-state index contributed by atoms with van der Waals surface area (Å²) in [7, 11) is 1.99. The van der Waals surface area contributed by atoms with E-state index in [1.165, 1.54) is 10.1 Å². The molecule has 0 atom stereocenters. The van der Waals surface area contributed by atoms with Gasteiger partial charge in [0.05, 0.1) is 15.8 Å². The van der Waals surface area contributed by atoms with Crippen LogP contribution in [0.25, 0.3) is 42.5 Å². The Bertz CT molecular complexity index is 1260. The molecule has 0 unspecified atom stereocenters. The van der Waals surface area contributed by atoms with Gasteiger partial charge in [-0.2, -0.15) is 5.10 Å². The number of hydrogen-bond acceptors (Lipinski definition) is 3. The molecule has 2 aromatic carbocycles. The fourth-order valence-corrected chi connectivity index (χ4v) is 4.44. The summed E-state index contributed by atoms with van der Waals surface area (Å²) in [6.45, 7) is 0. The number of benzene rings is 2. The molecule has 0 saturated heterocycles. The zero-order chi connectivity index (χ0) is 16.3. The van der Waals surface area contributed by atoms with Gasteiger partial charge in [-0.1, -0.05) is 36.4 Å². The van der Waals surface area contributed by atoms with Gasteiger partial charge in [-0.25, -0.2) is 5.10 Å². The van der Waals surface area contributed by atoms with E-state index in [1.807, 2.05) is 43.4 Å². The van der Waals surface area contributed by atoms with Crippen LogP contribution in [0.1, 0.15) is 0 Å². The Balaban J connectivity index is 1.96. The molecule has 0 fully saturated rings. The molecule has 5 aromatic rings. The largest absolute Gasteiger partial charge is 0.342 e. The van der Waals surface area contributed by atoms with Crippen LogP contribution in [0.5, 0.6) is 0 Å². The second-order valence-corrected chi connectivity index (χ2v) is 6.93. The molecule has 0 aliphatic rings. The van der Waals surface area contributed by atoms with Gasteiger partial charge < -0.3 is 4.57 Å². The van der Waals surface area contributed by atoms with Crippen LogP contribution in [-0.4, -0.2) is 14.8 Å². The maximum Gasteiger partial charge on any atom is 0.274 e. The molecule has 0 saturated carbocycles. The van der Waals surface area contributed by atoms with Crippen molar-refractivity contribution in [1.29, 1.82) is 0 Å². The smallest absolute Gasteiger partial charge is 0.274 e. The molecular weight excluding hydrogens is 318 g/mol. The second kappa shape index (κ2) is 4.79. The second-order valence-electron chi connectivity index (χ2n) is 5.85. The van der Waals surface area contributed by atoms with E-state index in [0.717, 1.165) is 27.0 Å². The van der Waals surface area contributed by atoms with E-state index in [0.29, 0.717) is 5.39 Å². The van der Waals surface area contributed by atoms with Gasteiger partial charge in [-0.3, -0.25) is 4.79 Å². The average molecular weight is 331 g/mol. The fourth-order valence-electron chi connectivity index (χ4n) is 3.39. The predicted molar refractivity (Wildman–Crippen MR) is 99.7 cm³/mol. The summed E-state index contributed by atoms with van der Waals surface area (Å²) >= 11 is 1.69. The molecule has 5 rings (SSSR count). The molecule has 4 nitrogen and oxygen atoms in total. The van der Waals surface area contributed by atoms with Crippen molar-refractivity contribution in [2.24, 2.45) is 7.05 Å². The van der Waals surface area contributed by atoms with Gasteiger partial charge >= 0.3 is 0 Å². The highest BCUT2D eigenvalue weighted by Crippen LogP contribution is 2.37. The van der Waals surface area contributed by atoms with E-state index < -0.39 is 0 Å². The number of para-hydroxylation sites is 1. The van der Waals surface area contributed by atoms with E-state index >= 15 is 0 Å². The maximum atomic E-state index is 12.4. The minimum Gasteiger partial charge on any atom is -0.342 e. The monoisotopic (exact) mass is 331 g/mol. The van der Waals surface area contributed by atoms with Crippen molar-refractivity contribution >= 4 is 43.2 Å². The SMILES string of the molecule is Cn1c2ccccc2c2c(=O)[nH]nc(-c3cc4ccccc4s3)c21. The van der Waals surface area contributed by atoms with Crippen molar-refractivity contribution in [3.63, 3.8) is 0 Å². The highest BCUT2D eigenvalue weighted by molar-refractivity contribution is 7.22. The van der Waals surface area contributed by atoms with Crippen LogP contribution < -0.4 is 5.56 Å². The topological polar surface area (TPSA) is 50.7 Å². The fraction of sp³-hybridized carbons (Fsp3) is 0.0526. The Morgan fingerprint density at radius 1 is 1.08 bits per heavy atom. The number of aromatic amines is 1. The molecule has 5 heteroatoms. The van der Waals surface area contributed by atoms with Crippen LogP contribution in [0, 0.1) is 0 Å². The van der Waals surface area contributed by atoms with Gasteiger partial charge in [0.15, 0.2) is 0 Å². The van der Waals surface area contributed by atoms with E-state index in [9.17, 15) is 4.79 Å². The molecule has 24 heavy (non-hydrogen) atoms. The third-order valence-corrected chi connectivity index (χ3v) is 5.61. The summed E-state index contributed by atoms with van der Waals surface area (Å²) in [5.74, 6) is 0. The van der Waals surface area contributed by atoms with Gasteiger partial charge in [0.25, 0.3) is 5.56 Å². The van der Waals surface area contributed by atoms with Gasteiger partial charge in [-0.15, -0.1) is 11.3 Å². The Kier molecular flexibility index (Phi) is 2.69. The number of H-pyrrole nitrogens is 1. The van der Waals surface area contributed by atoms with Gasteiger partial charge in [0.1, 0.15) is 5.69 Å². The quantitative estimate of drug-likeness (QED) is 0.498. The third kappa shape index (κ3) is 1.73. The number of nitrogens with one attached hydrogen (secondary N) is 1. The first-order valence-electron chi connectivity index (χ1n) is 7.69. The molecule has 116 valence electrons. The number of rotatable bonds is 1. The van der Waals surface area contributed by atoms with E-state index in [-0.39, 0.29) is 5.56 Å². The Morgan fingerprint density at radius 2 is 1.88 bits per heavy atom. The first kappa shape index (κ1) is 13.5. The van der Waals surface area contributed by atoms with Crippen LogP contribution in [0.15, 0.2) is 59.4 Å². The normalized spacial score (nSPS) is 11.7. The molecule has 3 heterocycles. The average Bonchev–Trinajstić information content (AvgIpc) is 3.16. The minimum atomic E-state index is -0.147. The van der Waals surface area contributed by atoms with E-state index in [4.69, 9.17) is 0 Å². The summed E-state index contributed by atoms with van der Waals surface area (Å²) in [5, 5.41) is 9.91. The molecule has 0 aliphatic carbocycles. The Hall–Kier alpha value is -2.92. The zero-order valence-electron chi connectivity index (χ0n) is 12.9. The summed E-state index contributed by atoms with van der Waals surface area (Å²) in [6.07, 6.45) is 0. The molecule has 0 amide bonds. The molecule has 0 spiro atoms. The van der Waals surface area contributed by atoms with Crippen LogP contribution in [0.4, 0.5) is 0 Å². The minimum absolute atomic E-state index is 0.147. The molecular formula is C19H13N3OS. The standard InChI is InChI=1S/C19H13N3OS/c1-22-13-8-4-3-7-12(13)16-18(22)17(20-21-19(16)23)15-10-11-6-2-5-9-14(11)24-15/h2-10H,1H3,(H,21,23). The van der Waals surface area contributed by atoms with Gasteiger partial charge in [0, 0.05) is 22.7 Å². The van der Waals surface area contributed by atoms with Crippen molar-refractivity contribution in [3.05, 3.63) is 65.0 Å². The lowest BCUT2D eigenvalue weighted by molar-refractivity contribution is 0.976. The maximum absolute atomic E-state index is 12.4. The molecule has 1 N–H and O–H groups in total. The summed E-state index contributed by atoms with van der Waals surface area (Å²) in [5.41, 5.74) is 2.59. The number of thiophene rings is 1. The summed E-state index contributed by atoms with van der Waals surface area (Å²) in [4.78, 5) is 13.5. The lowest BCUT2D eigenvalue weighted by Gasteiger charge is -2.02. The number of aromatic nitrogens is 3. The first-order chi connectivity index (χ1) is 11.7. The van der Waals surface area contributed by atoms with Gasteiger partial charge in [0.2, 0.25) is 0 Å². The summed E-state index contributed by atoms with van der Waals surface area (Å²) in [6, 6.07) is 18.4. The molecule has 0 bridgehead atoms. The molecule has 0 radical (unpaired) electrons. The molecule has 3 aromatic heterocycles. The summed E-state index contributed by atoms with van der Waals surface area (Å²) < 4.78 is 3.28. The lowest BCUT2D eigenvalue weighted by atomic mass is 10.1. The van der Waals surface area contributed by atoms with Crippen molar-refractivity contribution < 1.29 is 0 Å². The highest BCUT2D eigenvalue weighted by Gasteiger charge is 2.18. The number of nitrogens with zero attached hydrogens (tertiary/aromatic N) is 2. The van der Waals surface area contributed by atoms with E-state index in [1.54, 1.807) is 11.3 Å². The van der Waals surface area contributed by atoms with Crippen molar-refractivity contribution in [1.82, 2.24) is 14.8 Å². The zero-order valence-corrected chi connectivity index (χ0v) is 13.7. The number of hydrogen-bond donors (Lipinski definition) is 1. The first-order valence-corrected chi connectivity index (χ1v) is 8.50. The molecule has 0 aliphatic heterocycles. The number of aryl methyl sites for hydroxylation is 1. The highest BCUT2D eigenvalue weighted by atomic mass is 32.1.